The minimum Gasteiger partial charge on any atom is -0.444 e. The fraction of sp³-hybridized carbons (Fsp3) is 0.941. The van der Waals surface area contributed by atoms with Gasteiger partial charge < -0.3 is 20.1 Å². The molecule has 0 spiro atoms. The summed E-state index contributed by atoms with van der Waals surface area (Å²) in [5.74, 6) is 0. The maximum atomic E-state index is 12.4. The van der Waals surface area contributed by atoms with Crippen molar-refractivity contribution in [1.29, 1.82) is 0 Å². The first-order chi connectivity index (χ1) is 10.2. The third-order valence-corrected chi connectivity index (χ3v) is 3.94. The van der Waals surface area contributed by atoms with Crippen LogP contribution in [0.1, 0.15) is 66.7 Å². The zero-order chi connectivity index (χ0) is 16.8. The van der Waals surface area contributed by atoms with E-state index in [0.29, 0.717) is 6.04 Å². The average molecular weight is 314 g/mol. The molecular weight excluding hydrogens is 280 g/mol. The number of aliphatic hydroxyl groups is 1. The number of nitrogens with zero attached hydrogens (tertiary/aromatic N) is 1. The van der Waals surface area contributed by atoms with Gasteiger partial charge in [0.05, 0.1) is 6.10 Å². The van der Waals surface area contributed by atoms with Gasteiger partial charge in [0.15, 0.2) is 0 Å². The molecule has 1 rings (SSSR count). The molecule has 0 aromatic heterocycles. The van der Waals surface area contributed by atoms with Gasteiger partial charge in [-0.1, -0.05) is 0 Å². The minimum atomic E-state index is -0.444. The number of amides is 1. The molecule has 1 fully saturated rings. The highest BCUT2D eigenvalue weighted by atomic mass is 16.6. The fourth-order valence-electron chi connectivity index (χ4n) is 2.84. The molecule has 0 aliphatic carbocycles. The Hall–Kier alpha value is -0.810. The van der Waals surface area contributed by atoms with Crippen LogP contribution in [0.15, 0.2) is 0 Å². The van der Waals surface area contributed by atoms with Crippen LogP contribution in [0.2, 0.25) is 0 Å². The lowest BCUT2D eigenvalue weighted by Gasteiger charge is -2.38. The summed E-state index contributed by atoms with van der Waals surface area (Å²) in [5.41, 5.74) is -0.444. The normalized spacial score (nSPS) is 22.3. The third-order valence-electron chi connectivity index (χ3n) is 3.94. The number of carbonyl (C=O) groups excluding carboxylic acids is 1. The second-order valence-corrected chi connectivity index (χ2v) is 7.55. The highest BCUT2D eigenvalue weighted by Gasteiger charge is 2.31. The summed E-state index contributed by atoms with van der Waals surface area (Å²) in [6.07, 6.45) is 4.50. The molecule has 22 heavy (non-hydrogen) atoms. The lowest BCUT2D eigenvalue weighted by Crippen LogP contribution is -2.48. The first kappa shape index (κ1) is 19.2. The van der Waals surface area contributed by atoms with Gasteiger partial charge in [0.1, 0.15) is 5.60 Å². The molecule has 2 N–H and O–H groups in total. The summed E-state index contributed by atoms with van der Waals surface area (Å²) in [5, 5.41) is 12.7. The molecule has 5 nitrogen and oxygen atoms in total. The second-order valence-electron chi connectivity index (χ2n) is 7.55. The van der Waals surface area contributed by atoms with Crippen molar-refractivity contribution in [2.75, 3.05) is 13.1 Å². The number of piperidine rings is 1. The predicted octanol–water partition coefficient (Wildman–Crippen LogP) is 2.92. The number of rotatable bonds is 6. The van der Waals surface area contributed by atoms with Crippen molar-refractivity contribution in [3.8, 4) is 0 Å². The van der Waals surface area contributed by atoms with Crippen molar-refractivity contribution in [2.45, 2.75) is 90.5 Å². The van der Waals surface area contributed by atoms with E-state index in [4.69, 9.17) is 4.74 Å². The molecule has 0 saturated carbocycles. The average Bonchev–Trinajstić information content (AvgIpc) is 2.36. The lowest BCUT2D eigenvalue weighted by molar-refractivity contribution is 0.00790. The van der Waals surface area contributed by atoms with Crippen molar-refractivity contribution in [1.82, 2.24) is 10.2 Å². The smallest absolute Gasteiger partial charge is 0.410 e. The van der Waals surface area contributed by atoms with Crippen LogP contribution in [0.25, 0.3) is 0 Å². The number of carbonyl (C=O) groups is 1. The largest absolute Gasteiger partial charge is 0.444 e. The van der Waals surface area contributed by atoms with Crippen molar-refractivity contribution in [2.24, 2.45) is 0 Å². The molecule has 1 amide bonds. The van der Waals surface area contributed by atoms with E-state index < -0.39 is 5.60 Å². The van der Waals surface area contributed by atoms with E-state index in [0.717, 1.165) is 38.8 Å². The van der Waals surface area contributed by atoms with Gasteiger partial charge in [0.25, 0.3) is 0 Å². The number of nitrogens with one attached hydrogen (secondary N) is 1. The Labute approximate surface area is 135 Å². The van der Waals surface area contributed by atoms with Crippen LogP contribution in [0.3, 0.4) is 0 Å². The van der Waals surface area contributed by atoms with Crippen LogP contribution in [-0.2, 0) is 4.74 Å². The van der Waals surface area contributed by atoms with Crippen LogP contribution in [0.4, 0.5) is 4.79 Å². The van der Waals surface area contributed by atoms with E-state index in [9.17, 15) is 9.90 Å². The van der Waals surface area contributed by atoms with Crippen molar-refractivity contribution < 1.29 is 14.6 Å². The van der Waals surface area contributed by atoms with Gasteiger partial charge in [-0.25, -0.2) is 4.79 Å². The quantitative estimate of drug-likeness (QED) is 0.791. The molecule has 0 radical (unpaired) electrons. The summed E-state index contributed by atoms with van der Waals surface area (Å²) in [6.45, 7) is 11.3. The highest BCUT2D eigenvalue weighted by molar-refractivity contribution is 5.68. The van der Waals surface area contributed by atoms with Crippen molar-refractivity contribution in [3.05, 3.63) is 0 Å². The molecule has 3 unspecified atom stereocenters. The molecule has 1 heterocycles. The topological polar surface area (TPSA) is 61.8 Å². The summed E-state index contributed by atoms with van der Waals surface area (Å²) >= 11 is 0. The first-order valence-electron chi connectivity index (χ1n) is 8.60. The standard InChI is InChI=1S/C17H34N2O3/c1-13(18-10-9-14(2)20)12-15-8-6-7-11-19(15)16(21)22-17(3,4)5/h13-15,18,20H,6-12H2,1-5H3. The van der Waals surface area contributed by atoms with Gasteiger partial charge in [-0.2, -0.15) is 0 Å². The molecule has 0 bridgehead atoms. The Morgan fingerprint density at radius 1 is 1.36 bits per heavy atom. The van der Waals surface area contributed by atoms with Gasteiger partial charge >= 0.3 is 6.09 Å². The van der Waals surface area contributed by atoms with E-state index in [1.54, 1.807) is 6.92 Å². The maximum Gasteiger partial charge on any atom is 0.410 e. The summed E-state index contributed by atoms with van der Waals surface area (Å²) in [4.78, 5) is 14.3. The van der Waals surface area contributed by atoms with Gasteiger partial charge in [-0.15, -0.1) is 0 Å². The predicted molar refractivity (Wildman–Crippen MR) is 89.0 cm³/mol. The summed E-state index contributed by atoms with van der Waals surface area (Å²) in [7, 11) is 0. The van der Waals surface area contributed by atoms with Gasteiger partial charge in [0, 0.05) is 18.6 Å². The Balaban J connectivity index is 2.49. The van der Waals surface area contributed by atoms with Crippen LogP contribution < -0.4 is 5.32 Å². The van der Waals surface area contributed by atoms with Crippen LogP contribution in [0, 0.1) is 0 Å². The van der Waals surface area contributed by atoms with Crippen LogP contribution in [0.5, 0.6) is 0 Å². The fourth-order valence-corrected chi connectivity index (χ4v) is 2.84. The number of likely N-dealkylation sites (tertiary alicyclic amines) is 1. The van der Waals surface area contributed by atoms with Crippen LogP contribution >= 0.6 is 0 Å². The number of aliphatic hydroxyl groups excluding tert-OH is 1. The molecular formula is C17H34N2O3. The minimum absolute atomic E-state index is 0.187. The Kier molecular flexibility index (Phi) is 7.63. The van der Waals surface area contributed by atoms with Crippen LogP contribution in [-0.4, -0.2) is 53.0 Å². The zero-order valence-electron chi connectivity index (χ0n) is 14.9. The van der Waals surface area contributed by atoms with Crippen molar-refractivity contribution >= 4 is 6.09 Å². The van der Waals surface area contributed by atoms with E-state index in [1.807, 2.05) is 25.7 Å². The SMILES string of the molecule is CC(O)CCNC(C)CC1CCCCN1C(=O)OC(C)(C)C. The Bertz CT molecular complexity index is 339. The Morgan fingerprint density at radius 3 is 2.64 bits per heavy atom. The summed E-state index contributed by atoms with van der Waals surface area (Å²) in [6, 6.07) is 0.574. The third kappa shape index (κ3) is 7.45. The second kappa shape index (κ2) is 8.73. The molecule has 0 aromatic rings. The molecule has 1 aliphatic heterocycles. The van der Waals surface area contributed by atoms with E-state index >= 15 is 0 Å². The zero-order valence-corrected chi connectivity index (χ0v) is 14.9. The van der Waals surface area contributed by atoms with E-state index in [-0.39, 0.29) is 18.2 Å². The van der Waals surface area contributed by atoms with E-state index in [2.05, 4.69) is 12.2 Å². The Morgan fingerprint density at radius 2 is 2.05 bits per heavy atom. The number of hydrogen-bond acceptors (Lipinski definition) is 4. The lowest BCUT2D eigenvalue weighted by atomic mass is 9.96. The van der Waals surface area contributed by atoms with E-state index in [1.165, 1.54) is 6.42 Å². The first-order valence-corrected chi connectivity index (χ1v) is 8.60. The molecule has 3 atom stereocenters. The molecule has 1 aliphatic rings. The number of hydrogen-bond donors (Lipinski definition) is 2. The molecule has 5 heteroatoms. The highest BCUT2D eigenvalue weighted by Crippen LogP contribution is 2.23. The van der Waals surface area contributed by atoms with Crippen molar-refractivity contribution in [3.63, 3.8) is 0 Å². The molecule has 130 valence electrons. The maximum absolute atomic E-state index is 12.4. The monoisotopic (exact) mass is 314 g/mol. The number of ether oxygens (including phenoxy) is 1. The molecule has 1 saturated heterocycles. The van der Waals surface area contributed by atoms with Gasteiger partial charge in [-0.05, 0) is 73.3 Å². The molecule has 0 aromatic carbocycles. The summed E-state index contributed by atoms with van der Waals surface area (Å²) < 4.78 is 5.54. The van der Waals surface area contributed by atoms with Gasteiger partial charge in [0.2, 0.25) is 0 Å². The van der Waals surface area contributed by atoms with Gasteiger partial charge in [-0.3, -0.25) is 0 Å².